The number of carboxylic acid groups (broad SMARTS) is 1. The summed E-state index contributed by atoms with van der Waals surface area (Å²) in [5.41, 5.74) is 1.45. The van der Waals surface area contributed by atoms with E-state index in [4.69, 9.17) is 14.4 Å². The average Bonchev–Trinajstić information content (AvgIpc) is 3.86. The van der Waals surface area contributed by atoms with Crippen molar-refractivity contribution in [2.24, 2.45) is 34.0 Å². The Bertz CT molecular complexity index is 3000. The summed E-state index contributed by atoms with van der Waals surface area (Å²) in [6.45, 7) is 9.09. The van der Waals surface area contributed by atoms with Crippen LogP contribution in [0.5, 0.6) is 0 Å². The SMILES string of the molecule is CC(C)ON=C(C(=O)O)c1nc2ccccc2n(C2C[C@H]3CCC[C@@H](C2)N3C2CC3CCCCC(C3)C2)c1=O.CCOC(=O)C(=NOC(C)C)c1nc2ccccc2n(C2C[C@H]3CCC[C@@H](C2)N3C2CC3CCCCC(C3)C2)c1=O.[Na+].[OH-]. The maximum Gasteiger partial charge on any atom is 1.00 e. The van der Waals surface area contributed by atoms with Crippen LogP contribution >= 0.6 is 0 Å². The van der Waals surface area contributed by atoms with Crippen LogP contribution in [0.3, 0.4) is 0 Å². The van der Waals surface area contributed by atoms with Crippen molar-refractivity contribution in [3.05, 3.63) is 80.6 Å². The van der Waals surface area contributed by atoms with E-state index in [-0.39, 0.29) is 94.2 Å². The van der Waals surface area contributed by atoms with Crippen molar-refractivity contribution >= 4 is 45.4 Å². The van der Waals surface area contributed by atoms with Crippen molar-refractivity contribution in [1.82, 2.24) is 28.9 Å². The van der Waals surface area contributed by atoms with Crippen LogP contribution in [0, 0.1) is 23.7 Å². The van der Waals surface area contributed by atoms with Crippen LogP contribution in [0.15, 0.2) is 68.4 Å². The number of piperidine rings is 4. The fourth-order valence-electron chi connectivity index (χ4n) is 16.8. The number of aliphatic carboxylic acids is 1. The first kappa shape index (κ1) is 62.0. The molecule has 82 heavy (non-hydrogen) atoms. The van der Waals surface area contributed by atoms with Gasteiger partial charge in [-0.1, -0.05) is 98.8 Å². The van der Waals surface area contributed by atoms with Gasteiger partial charge in [-0.15, -0.1) is 0 Å². The van der Waals surface area contributed by atoms with Gasteiger partial charge in [-0.25, -0.2) is 19.6 Å². The number of nitrogens with zero attached hydrogens (tertiary/aromatic N) is 8. The van der Waals surface area contributed by atoms with Crippen LogP contribution in [0.25, 0.3) is 22.1 Å². The number of oxime groups is 2. The topological polar surface area (TPSA) is 213 Å². The zero-order valence-corrected chi connectivity index (χ0v) is 51.7. The molecular formula is C64H89N8NaO9. The zero-order chi connectivity index (χ0) is 55.6. The summed E-state index contributed by atoms with van der Waals surface area (Å²) in [5.74, 6) is 1.54. The number of carbonyl (C=O) groups excluding carboxylic acids is 1. The van der Waals surface area contributed by atoms with Gasteiger partial charge in [0.25, 0.3) is 11.1 Å². The van der Waals surface area contributed by atoms with E-state index >= 15 is 0 Å². The Kier molecular flexibility index (Phi) is 20.9. The molecule has 4 aliphatic heterocycles. The van der Waals surface area contributed by atoms with Crippen LogP contribution in [0.1, 0.15) is 212 Å². The van der Waals surface area contributed by atoms with Gasteiger partial charge in [-0.2, -0.15) is 0 Å². The van der Waals surface area contributed by atoms with E-state index in [1.165, 1.54) is 128 Å². The number of hydrogen-bond acceptors (Lipinski definition) is 14. The summed E-state index contributed by atoms with van der Waals surface area (Å²) in [4.78, 5) is 79.2. The second-order valence-corrected chi connectivity index (χ2v) is 25.8. The molecule has 8 fully saturated rings. The van der Waals surface area contributed by atoms with Gasteiger partial charge in [-0.3, -0.25) is 19.4 Å². The van der Waals surface area contributed by atoms with Gasteiger partial charge in [0, 0.05) is 48.3 Å². The first-order valence-corrected chi connectivity index (χ1v) is 31.3. The number of hydrogen-bond donors (Lipinski definition) is 1. The van der Waals surface area contributed by atoms with Crippen LogP contribution in [-0.4, -0.2) is 118 Å². The predicted octanol–water partition coefficient (Wildman–Crippen LogP) is 8.36. The molecule has 4 aliphatic carbocycles. The Morgan fingerprint density at radius 1 is 0.524 bits per heavy atom. The van der Waals surface area contributed by atoms with Crippen LogP contribution < -0.4 is 40.7 Å². The number of para-hydroxylation sites is 4. The Hall–Kier alpha value is -4.52. The minimum Gasteiger partial charge on any atom is -0.870 e. The second-order valence-electron chi connectivity index (χ2n) is 25.8. The predicted molar refractivity (Wildman–Crippen MR) is 313 cm³/mol. The van der Waals surface area contributed by atoms with E-state index in [2.05, 4.69) is 30.1 Å². The normalized spacial score (nSPS) is 30.4. The van der Waals surface area contributed by atoms with E-state index in [9.17, 15) is 24.3 Å². The van der Waals surface area contributed by atoms with Crippen LogP contribution in [0.2, 0.25) is 0 Å². The molecule has 0 amide bonds. The average molecular weight is 1140 g/mol. The summed E-state index contributed by atoms with van der Waals surface area (Å²) >= 11 is 0. The minimum absolute atomic E-state index is 0. The van der Waals surface area contributed by atoms with Gasteiger partial charge in [-0.05, 0) is 172 Å². The number of aromatic nitrogens is 4. The van der Waals surface area contributed by atoms with Gasteiger partial charge in [0.05, 0.1) is 28.7 Å². The Labute approximate surface area is 506 Å². The van der Waals surface area contributed by atoms with E-state index in [1.807, 2.05) is 71.5 Å². The number of ether oxygens (including phenoxy) is 1. The molecule has 17 nitrogen and oxygen atoms in total. The van der Waals surface area contributed by atoms with E-state index in [0.29, 0.717) is 47.3 Å². The minimum atomic E-state index is -1.31. The number of esters is 1. The molecule has 10 atom stereocenters. The summed E-state index contributed by atoms with van der Waals surface area (Å²) in [5, 5.41) is 17.9. The molecule has 6 unspecified atom stereocenters. The third kappa shape index (κ3) is 13.4. The molecule has 6 heterocycles. The van der Waals surface area contributed by atoms with Crippen molar-refractivity contribution < 1.29 is 64.1 Å². The molecule has 440 valence electrons. The van der Waals surface area contributed by atoms with Crippen molar-refractivity contribution in [1.29, 1.82) is 0 Å². The van der Waals surface area contributed by atoms with Crippen molar-refractivity contribution in [3.63, 3.8) is 0 Å². The fourth-order valence-corrected chi connectivity index (χ4v) is 16.8. The summed E-state index contributed by atoms with van der Waals surface area (Å²) in [6.07, 6.45) is 29.9. The number of carbonyl (C=O) groups is 2. The van der Waals surface area contributed by atoms with Gasteiger partial charge < -0.3 is 34.1 Å². The molecule has 0 radical (unpaired) electrons. The van der Waals surface area contributed by atoms with E-state index in [1.54, 1.807) is 20.8 Å². The monoisotopic (exact) mass is 1140 g/mol. The molecule has 4 saturated carbocycles. The van der Waals surface area contributed by atoms with Crippen LogP contribution in [0.4, 0.5) is 0 Å². The standard InChI is InChI=1S/C33H46N4O4.C31H42N4O4.Na.H2O/c1-4-40-33(39)31(35-41-21(2)3)30-32(38)37(29-15-8-7-14-28(29)34-30)27-19-24-12-9-13-25(20-27)36(24)26-17-22-10-5-6-11-23(16-22)18-26;1-19(2)39-33-29(31(37)38)28-30(36)35(27-13-6-5-12-26(27)32-28)25-17-22-10-7-11-23(18-25)34(22)24-15-20-8-3-4-9-21(14-20)16-24;;/h7-8,14-15,21-27H,4-6,9-13,16-20H2,1-3H3;5-6,12-13,19-25H,3-4,7-11,14-18H2,1-2H3,(H,37,38);;1H2/q;;+1;/p-1/t22?,23?,24-,25+,26?,27?;20?,21?,22-,23+,24?,25?;;. The molecule has 12 rings (SSSR count). The molecular weight excluding hydrogens is 1050 g/mol. The van der Waals surface area contributed by atoms with E-state index in [0.717, 1.165) is 60.4 Å². The molecule has 4 aromatic rings. The van der Waals surface area contributed by atoms with Gasteiger partial charge >= 0.3 is 41.5 Å². The number of benzene rings is 2. The molecule has 18 heteroatoms. The summed E-state index contributed by atoms with van der Waals surface area (Å²) in [7, 11) is 0. The molecule has 2 aromatic heterocycles. The molecule has 2 N–H and O–H groups in total. The zero-order valence-electron chi connectivity index (χ0n) is 49.7. The van der Waals surface area contributed by atoms with E-state index < -0.39 is 17.7 Å². The van der Waals surface area contributed by atoms with Gasteiger partial charge in [0.1, 0.15) is 12.2 Å². The molecule has 2 aromatic carbocycles. The first-order valence-electron chi connectivity index (χ1n) is 31.3. The summed E-state index contributed by atoms with van der Waals surface area (Å²) in [6, 6.07) is 18.6. The van der Waals surface area contributed by atoms with Crippen molar-refractivity contribution in [3.8, 4) is 0 Å². The fraction of sp³-hybridized carbons (Fsp3) is 0.688. The largest absolute Gasteiger partial charge is 1.00 e. The maximum atomic E-state index is 14.3. The van der Waals surface area contributed by atoms with Crippen molar-refractivity contribution in [2.75, 3.05) is 6.61 Å². The Morgan fingerprint density at radius 2 is 0.890 bits per heavy atom. The maximum absolute atomic E-state index is 14.3. The molecule has 0 spiro atoms. The van der Waals surface area contributed by atoms with Gasteiger partial charge in [0.2, 0.25) is 11.4 Å². The first-order chi connectivity index (χ1) is 38.8. The Balaban J connectivity index is 0.000000193. The molecule has 8 aliphatic rings. The molecule has 8 bridgehead atoms. The summed E-state index contributed by atoms with van der Waals surface area (Å²) < 4.78 is 9.04. The second kappa shape index (κ2) is 27.7. The Morgan fingerprint density at radius 3 is 1.26 bits per heavy atom. The van der Waals surface area contributed by atoms with Gasteiger partial charge in [0.15, 0.2) is 11.4 Å². The quantitative estimate of drug-likeness (QED) is 0.0578. The van der Waals surface area contributed by atoms with Crippen molar-refractivity contribution in [2.45, 2.75) is 249 Å². The third-order valence-electron chi connectivity index (χ3n) is 19.7. The number of rotatable bonds is 13. The smallest absolute Gasteiger partial charge is 0.870 e. The number of carboxylic acids is 1. The third-order valence-corrected chi connectivity index (χ3v) is 19.7. The molecule has 4 saturated heterocycles. The van der Waals surface area contributed by atoms with Crippen LogP contribution in [-0.2, 0) is 24.0 Å². The number of fused-ring (bicyclic) bond motifs is 10.